The molecule has 0 unspecified atom stereocenters. The van der Waals surface area contributed by atoms with Gasteiger partial charge in [-0.25, -0.2) is 9.67 Å². The highest BCUT2D eigenvalue weighted by Crippen LogP contribution is 2.24. The topological polar surface area (TPSA) is 79.4 Å². The maximum Gasteiger partial charge on any atom is 0.234 e. The van der Waals surface area contributed by atoms with Gasteiger partial charge in [0.25, 0.3) is 0 Å². The van der Waals surface area contributed by atoms with E-state index in [1.54, 1.807) is 6.26 Å². The second-order valence-corrected chi connectivity index (χ2v) is 7.97. The Morgan fingerprint density at radius 3 is 2.52 bits per heavy atom. The van der Waals surface area contributed by atoms with E-state index >= 15 is 0 Å². The van der Waals surface area contributed by atoms with Crippen LogP contribution in [0.5, 0.6) is 0 Å². The van der Waals surface area contributed by atoms with Gasteiger partial charge in [-0.15, -0.1) is 0 Å². The Labute approximate surface area is 192 Å². The lowest BCUT2D eigenvalue weighted by atomic mass is 10.2. The molecule has 1 N–H and O–H groups in total. The standard InChI is InChI=1S/C25H26N6O2/c32-25(19-29-12-14-30(15-13-29)24-10-4-5-11-26-24)27-18-20-17-22(23-9-6-16-33-23)31(28-20)21-7-2-1-3-8-21/h1-11,16-17H,12-15,18-19H2,(H,27,32). The minimum atomic E-state index is -0.00454. The molecule has 0 saturated carbocycles. The summed E-state index contributed by atoms with van der Waals surface area (Å²) in [7, 11) is 0. The van der Waals surface area contributed by atoms with Crippen LogP contribution in [0.4, 0.5) is 5.82 Å². The molecule has 8 heteroatoms. The summed E-state index contributed by atoms with van der Waals surface area (Å²) in [4.78, 5) is 21.4. The number of furan rings is 1. The number of nitrogens with one attached hydrogen (secondary N) is 1. The number of anilines is 1. The second kappa shape index (κ2) is 9.70. The highest BCUT2D eigenvalue weighted by atomic mass is 16.3. The largest absolute Gasteiger partial charge is 0.463 e. The van der Waals surface area contributed by atoms with Gasteiger partial charge in [0.15, 0.2) is 5.76 Å². The third-order valence-corrected chi connectivity index (χ3v) is 5.71. The zero-order chi connectivity index (χ0) is 22.5. The fourth-order valence-corrected chi connectivity index (χ4v) is 4.01. The van der Waals surface area contributed by atoms with Crippen LogP contribution in [0, 0.1) is 0 Å². The molecule has 1 aliphatic heterocycles. The molecule has 33 heavy (non-hydrogen) atoms. The molecule has 168 valence electrons. The first-order valence-corrected chi connectivity index (χ1v) is 11.1. The molecule has 3 aromatic heterocycles. The van der Waals surface area contributed by atoms with Crippen molar-refractivity contribution in [2.45, 2.75) is 6.54 Å². The number of hydrogen-bond donors (Lipinski definition) is 1. The predicted molar refractivity (Wildman–Crippen MR) is 126 cm³/mol. The molecular formula is C25H26N6O2. The molecule has 0 bridgehead atoms. The van der Waals surface area contributed by atoms with Gasteiger partial charge in [-0.3, -0.25) is 9.69 Å². The average Bonchev–Trinajstić information content (AvgIpc) is 3.55. The number of piperazine rings is 1. The van der Waals surface area contributed by atoms with Crippen LogP contribution in [0.15, 0.2) is 83.6 Å². The van der Waals surface area contributed by atoms with E-state index in [1.807, 2.05) is 77.6 Å². The molecule has 0 atom stereocenters. The fourth-order valence-electron chi connectivity index (χ4n) is 4.01. The van der Waals surface area contributed by atoms with Gasteiger partial charge in [0.1, 0.15) is 11.5 Å². The Balaban J connectivity index is 1.18. The number of carbonyl (C=O) groups excluding carboxylic acids is 1. The maximum atomic E-state index is 12.6. The van der Waals surface area contributed by atoms with E-state index in [-0.39, 0.29) is 5.91 Å². The molecule has 1 fully saturated rings. The molecule has 1 saturated heterocycles. The van der Waals surface area contributed by atoms with Crippen LogP contribution in [0.2, 0.25) is 0 Å². The predicted octanol–water partition coefficient (Wildman–Crippen LogP) is 2.97. The van der Waals surface area contributed by atoms with E-state index in [1.165, 1.54) is 0 Å². The van der Waals surface area contributed by atoms with E-state index in [9.17, 15) is 4.79 Å². The van der Waals surface area contributed by atoms with Gasteiger partial charge < -0.3 is 14.6 Å². The number of pyridine rings is 1. The van der Waals surface area contributed by atoms with Gasteiger partial charge in [0.2, 0.25) is 5.91 Å². The summed E-state index contributed by atoms with van der Waals surface area (Å²) in [6.45, 7) is 4.11. The molecule has 0 spiro atoms. The first kappa shape index (κ1) is 21.0. The van der Waals surface area contributed by atoms with Crippen LogP contribution in [0.1, 0.15) is 5.69 Å². The van der Waals surface area contributed by atoms with Gasteiger partial charge in [-0.2, -0.15) is 5.10 Å². The van der Waals surface area contributed by atoms with Gasteiger partial charge in [0, 0.05) is 32.4 Å². The summed E-state index contributed by atoms with van der Waals surface area (Å²) < 4.78 is 7.44. The summed E-state index contributed by atoms with van der Waals surface area (Å²) in [5, 5.41) is 7.73. The molecule has 4 heterocycles. The minimum absolute atomic E-state index is 0.00454. The van der Waals surface area contributed by atoms with Crippen molar-refractivity contribution in [1.82, 2.24) is 25.0 Å². The summed E-state index contributed by atoms with van der Waals surface area (Å²) in [6, 6.07) is 21.6. The van der Waals surface area contributed by atoms with Crippen LogP contribution in [0.3, 0.4) is 0 Å². The lowest BCUT2D eigenvalue weighted by Crippen LogP contribution is -2.49. The first-order valence-electron chi connectivity index (χ1n) is 11.1. The second-order valence-electron chi connectivity index (χ2n) is 7.97. The number of carbonyl (C=O) groups is 1. The van der Waals surface area contributed by atoms with Crippen LogP contribution < -0.4 is 10.2 Å². The molecule has 5 rings (SSSR count). The molecule has 1 aliphatic rings. The Morgan fingerprint density at radius 1 is 0.970 bits per heavy atom. The zero-order valence-corrected chi connectivity index (χ0v) is 18.3. The van der Waals surface area contributed by atoms with E-state index in [0.29, 0.717) is 13.1 Å². The smallest absolute Gasteiger partial charge is 0.234 e. The maximum absolute atomic E-state index is 12.6. The minimum Gasteiger partial charge on any atom is -0.463 e. The SMILES string of the molecule is O=C(CN1CCN(c2ccccn2)CC1)NCc1cc(-c2ccco2)n(-c2ccccc2)n1. The molecule has 0 aliphatic carbocycles. The molecule has 0 radical (unpaired) electrons. The fraction of sp³-hybridized carbons (Fsp3) is 0.240. The van der Waals surface area contributed by atoms with Crippen LogP contribution in [-0.2, 0) is 11.3 Å². The summed E-state index contributed by atoms with van der Waals surface area (Å²) in [5.74, 6) is 1.72. The van der Waals surface area contributed by atoms with Crippen molar-refractivity contribution >= 4 is 11.7 Å². The third kappa shape index (κ3) is 4.96. The molecule has 8 nitrogen and oxygen atoms in total. The van der Waals surface area contributed by atoms with E-state index < -0.39 is 0 Å². The lowest BCUT2D eigenvalue weighted by molar-refractivity contribution is -0.122. The zero-order valence-electron chi connectivity index (χ0n) is 18.3. The van der Waals surface area contributed by atoms with Crippen molar-refractivity contribution in [1.29, 1.82) is 0 Å². The van der Waals surface area contributed by atoms with E-state index in [4.69, 9.17) is 9.52 Å². The number of benzene rings is 1. The summed E-state index contributed by atoms with van der Waals surface area (Å²) >= 11 is 0. The van der Waals surface area contributed by atoms with Crippen LogP contribution >= 0.6 is 0 Å². The average molecular weight is 443 g/mol. The Kier molecular flexibility index (Phi) is 6.16. The number of rotatable bonds is 7. The van der Waals surface area contributed by atoms with Gasteiger partial charge in [-0.05, 0) is 42.5 Å². The Morgan fingerprint density at radius 2 is 1.79 bits per heavy atom. The number of hydrogen-bond acceptors (Lipinski definition) is 6. The highest BCUT2D eigenvalue weighted by Gasteiger charge is 2.20. The van der Waals surface area contributed by atoms with Crippen molar-refractivity contribution < 1.29 is 9.21 Å². The molecule has 4 aromatic rings. The Bertz CT molecular complexity index is 1170. The molecule has 1 aromatic carbocycles. The normalized spacial score (nSPS) is 14.4. The quantitative estimate of drug-likeness (QED) is 0.474. The first-order chi connectivity index (χ1) is 16.3. The number of aromatic nitrogens is 3. The van der Waals surface area contributed by atoms with E-state index in [0.717, 1.165) is 54.8 Å². The number of amides is 1. The number of para-hydroxylation sites is 1. The number of nitrogens with zero attached hydrogens (tertiary/aromatic N) is 5. The monoisotopic (exact) mass is 442 g/mol. The van der Waals surface area contributed by atoms with Crippen molar-refractivity contribution in [3.05, 3.63) is 84.9 Å². The van der Waals surface area contributed by atoms with Crippen LogP contribution in [-0.4, -0.2) is 58.3 Å². The summed E-state index contributed by atoms with van der Waals surface area (Å²) in [6.07, 6.45) is 3.46. The van der Waals surface area contributed by atoms with Crippen molar-refractivity contribution in [2.24, 2.45) is 0 Å². The van der Waals surface area contributed by atoms with Gasteiger partial charge in [-0.1, -0.05) is 24.3 Å². The molecule has 1 amide bonds. The Hall–Kier alpha value is -3.91. The lowest BCUT2D eigenvalue weighted by Gasteiger charge is -2.34. The van der Waals surface area contributed by atoms with Gasteiger partial charge >= 0.3 is 0 Å². The van der Waals surface area contributed by atoms with Crippen molar-refractivity contribution in [2.75, 3.05) is 37.6 Å². The molecular weight excluding hydrogens is 416 g/mol. The third-order valence-electron chi connectivity index (χ3n) is 5.71. The van der Waals surface area contributed by atoms with Crippen LogP contribution in [0.25, 0.3) is 17.1 Å². The van der Waals surface area contributed by atoms with Crippen molar-refractivity contribution in [3.63, 3.8) is 0 Å². The van der Waals surface area contributed by atoms with E-state index in [2.05, 4.69) is 20.1 Å². The van der Waals surface area contributed by atoms with Gasteiger partial charge in [0.05, 0.1) is 30.7 Å². The van der Waals surface area contributed by atoms with Crippen molar-refractivity contribution in [3.8, 4) is 17.1 Å². The summed E-state index contributed by atoms with van der Waals surface area (Å²) in [5.41, 5.74) is 2.56. The highest BCUT2D eigenvalue weighted by molar-refractivity contribution is 5.78.